The van der Waals surface area contributed by atoms with Crippen LogP contribution in [0, 0.1) is 6.92 Å². The zero-order valence-electron chi connectivity index (χ0n) is 16.0. The zero-order chi connectivity index (χ0) is 17.4. The maximum atomic E-state index is 5.75. The molecule has 1 unspecified atom stereocenters. The summed E-state index contributed by atoms with van der Waals surface area (Å²) in [5.41, 5.74) is 2.37. The summed E-state index contributed by atoms with van der Waals surface area (Å²) in [6.45, 7) is 11.0. The molecule has 2 rings (SSSR count). The predicted octanol–water partition coefficient (Wildman–Crippen LogP) is 3.16. The van der Waals surface area contributed by atoms with Crippen LogP contribution in [0.4, 0.5) is 0 Å². The molecule has 5 nitrogen and oxygen atoms in total. The van der Waals surface area contributed by atoms with Crippen LogP contribution in [0.25, 0.3) is 0 Å². The molecule has 0 aromatic heterocycles. The Morgan fingerprint density at radius 3 is 2.80 bits per heavy atom. The van der Waals surface area contributed by atoms with Gasteiger partial charge in [-0.1, -0.05) is 19.1 Å². The molecule has 0 bridgehead atoms. The van der Waals surface area contributed by atoms with Crippen molar-refractivity contribution < 1.29 is 4.74 Å². The Hall–Kier alpha value is -1.02. The Morgan fingerprint density at radius 2 is 2.12 bits per heavy atom. The first-order chi connectivity index (χ1) is 11.7. The van der Waals surface area contributed by atoms with Gasteiger partial charge in [0.15, 0.2) is 5.96 Å². The van der Waals surface area contributed by atoms with Gasteiger partial charge in [0.25, 0.3) is 0 Å². The summed E-state index contributed by atoms with van der Waals surface area (Å²) in [6, 6.07) is 6.95. The third-order valence-electron chi connectivity index (χ3n) is 4.60. The summed E-state index contributed by atoms with van der Waals surface area (Å²) in [4.78, 5) is 6.88. The van der Waals surface area contributed by atoms with Crippen molar-refractivity contribution >= 4 is 29.9 Å². The number of likely N-dealkylation sites (tertiary alicyclic amines) is 1. The summed E-state index contributed by atoms with van der Waals surface area (Å²) >= 11 is 0. The molecule has 2 N–H and O–H groups in total. The SMILES string of the molecule is CCOc1cc(C)ccc1CNC(=NC)NCC1CCCN1CC.I. The lowest BCUT2D eigenvalue weighted by Gasteiger charge is -2.24. The van der Waals surface area contributed by atoms with E-state index in [9.17, 15) is 0 Å². The second kappa shape index (κ2) is 11.6. The maximum Gasteiger partial charge on any atom is 0.191 e. The van der Waals surface area contributed by atoms with E-state index in [-0.39, 0.29) is 24.0 Å². The third kappa shape index (κ3) is 6.66. The van der Waals surface area contributed by atoms with Crippen LogP contribution >= 0.6 is 24.0 Å². The van der Waals surface area contributed by atoms with E-state index in [1.807, 2.05) is 14.0 Å². The Labute approximate surface area is 169 Å². The summed E-state index contributed by atoms with van der Waals surface area (Å²) in [5.74, 6) is 1.80. The van der Waals surface area contributed by atoms with Crippen molar-refractivity contribution in [2.24, 2.45) is 4.99 Å². The normalized spacial score (nSPS) is 17.9. The van der Waals surface area contributed by atoms with Crippen LogP contribution in [-0.2, 0) is 6.54 Å². The second-order valence-corrected chi connectivity index (χ2v) is 6.28. The Morgan fingerprint density at radius 1 is 1.32 bits per heavy atom. The topological polar surface area (TPSA) is 48.9 Å². The minimum Gasteiger partial charge on any atom is -0.494 e. The Kier molecular flexibility index (Phi) is 10.2. The third-order valence-corrected chi connectivity index (χ3v) is 4.60. The van der Waals surface area contributed by atoms with Gasteiger partial charge >= 0.3 is 0 Å². The molecule has 0 saturated carbocycles. The van der Waals surface area contributed by atoms with Crippen LogP contribution in [0.2, 0.25) is 0 Å². The number of nitrogens with one attached hydrogen (secondary N) is 2. The molecule has 0 amide bonds. The summed E-state index contributed by atoms with van der Waals surface area (Å²) in [7, 11) is 1.82. The second-order valence-electron chi connectivity index (χ2n) is 6.28. The van der Waals surface area contributed by atoms with E-state index in [2.05, 4.69) is 52.6 Å². The van der Waals surface area contributed by atoms with Crippen molar-refractivity contribution in [3.05, 3.63) is 29.3 Å². The first-order valence-electron chi connectivity index (χ1n) is 9.08. The quantitative estimate of drug-likeness (QED) is 0.373. The van der Waals surface area contributed by atoms with Crippen molar-refractivity contribution in [1.29, 1.82) is 0 Å². The van der Waals surface area contributed by atoms with Gasteiger partial charge in [0.05, 0.1) is 6.61 Å². The van der Waals surface area contributed by atoms with Crippen molar-refractivity contribution in [1.82, 2.24) is 15.5 Å². The molecule has 6 heteroatoms. The molecular formula is C19H33IN4O. The largest absolute Gasteiger partial charge is 0.494 e. The first-order valence-corrected chi connectivity index (χ1v) is 9.08. The maximum absolute atomic E-state index is 5.75. The van der Waals surface area contributed by atoms with Crippen molar-refractivity contribution in [3.8, 4) is 5.75 Å². The molecular weight excluding hydrogens is 427 g/mol. The van der Waals surface area contributed by atoms with Gasteiger partial charge in [0.2, 0.25) is 0 Å². The minimum atomic E-state index is 0. The van der Waals surface area contributed by atoms with Gasteiger partial charge in [-0.05, 0) is 51.4 Å². The molecule has 142 valence electrons. The summed E-state index contributed by atoms with van der Waals surface area (Å²) in [5, 5.41) is 6.87. The smallest absolute Gasteiger partial charge is 0.191 e. The number of rotatable bonds is 7. The highest BCUT2D eigenvalue weighted by molar-refractivity contribution is 14.0. The van der Waals surface area contributed by atoms with Crippen LogP contribution in [-0.4, -0.2) is 50.2 Å². The fourth-order valence-corrected chi connectivity index (χ4v) is 3.25. The molecule has 1 aromatic carbocycles. The van der Waals surface area contributed by atoms with Crippen LogP contribution in [0.15, 0.2) is 23.2 Å². The lowest BCUT2D eigenvalue weighted by molar-refractivity contribution is 0.267. The van der Waals surface area contributed by atoms with Gasteiger partial charge in [0.1, 0.15) is 5.75 Å². The number of likely N-dealkylation sites (N-methyl/N-ethyl adjacent to an activating group) is 1. The lowest BCUT2D eigenvalue weighted by Crippen LogP contribution is -2.44. The molecule has 0 aliphatic carbocycles. The van der Waals surface area contributed by atoms with Crippen LogP contribution < -0.4 is 15.4 Å². The number of ether oxygens (including phenoxy) is 1. The van der Waals surface area contributed by atoms with Crippen LogP contribution in [0.3, 0.4) is 0 Å². The summed E-state index contributed by atoms with van der Waals surface area (Å²) in [6.07, 6.45) is 2.57. The molecule has 25 heavy (non-hydrogen) atoms. The van der Waals surface area contributed by atoms with Crippen molar-refractivity contribution in [2.75, 3.05) is 33.3 Å². The lowest BCUT2D eigenvalue weighted by atomic mass is 10.1. The van der Waals surface area contributed by atoms with E-state index < -0.39 is 0 Å². The number of guanidine groups is 1. The average molecular weight is 460 g/mol. The number of nitrogens with zero attached hydrogens (tertiary/aromatic N) is 2. The van der Waals surface area contributed by atoms with Gasteiger partial charge < -0.3 is 15.4 Å². The van der Waals surface area contributed by atoms with E-state index >= 15 is 0 Å². The van der Waals surface area contributed by atoms with Gasteiger partial charge in [-0.25, -0.2) is 0 Å². The highest BCUT2D eigenvalue weighted by Gasteiger charge is 2.22. The van der Waals surface area contributed by atoms with Crippen LogP contribution in [0.5, 0.6) is 5.75 Å². The minimum absolute atomic E-state index is 0. The molecule has 1 atom stereocenters. The molecule has 1 fully saturated rings. The van der Waals surface area contributed by atoms with Crippen LogP contribution in [0.1, 0.15) is 37.8 Å². The molecule has 1 aromatic rings. The number of benzene rings is 1. The number of aryl methyl sites for hydroxylation is 1. The standard InChI is InChI=1S/C19H32N4O.HI/c1-5-23-11-7-8-17(23)14-22-19(20-4)21-13-16-10-9-15(3)12-18(16)24-6-2;/h9-10,12,17H,5-8,11,13-14H2,1-4H3,(H2,20,21,22);1H. The average Bonchev–Trinajstić information content (AvgIpc) is 3.04. The number of hydrogen-bond acceptors (Lipinski definition) is 3. The number of hydrogen-bond donors (Lipinski definition) is 2. The van der Waals surface area contributed by atoms with E-state index in [1.54, 1.807) is 0 Å². The van der Waals surface area contributed by atoms with Gasteiger partial charge in [-0.2, -0.15) is 0 Å². The Balaban J connectivity index is 0.00000312. The van der Waals surface area contributed by atoms with E-state index in [0.29, 0.717) is 19.2 Å². The fourth-order valence-electron chi connectivity index (χ4n) is 3.25. The molecule has 1 saturated heterocycles. The number of aliphatic imine (C=N–C) groups is 1. The molecule has 0 radical (unpaired) electrons. The van der Waals surface area contributed by atoms with E-state index in [0.717, 1.165) is 30.4 Å². The van der Waals surface area contributed by atoms with Gasteiger partial charge in [0, 0.05) is 31.7 Å². The zero-order valence-corrected chi connectivity index (χ0v) is 18.3. The fraction of sp³-hybridized carbons (Fsp3) is 0.632. The van der Waals surface area contributed by atoms with Gasteiger partial charge in [-0.3, -0.25) is 9.89 Å². The Bertz CT molecular complexity index is 550. The molecule has 1 aliphatic rings. The van der Waals surface area contributed by atoms with Crippen molar-refractivity contribution in [2.45, 2.75) is 46.2 Å². The van der Waals surface area contributed by atoms with Crippen molar-refractivity contribution in [3.63, 3.8) is 0 Å². The molecule has 1 aliphatic heterocycles. The van der Waals surface area contributed by atoms with Gasteiger partial charge in [-0.15, -0.1) is 24.0 Å². The number of halogens is 1. The predicted molar refractivity (Wildman–Crippen MR) is 116 cm³/mol. The summed E-state index contributed by atoms with van der Waals surface area (Å²) < 4.78 is 5.75. The monoisotopic (exact) mass is 460 g/mol. The first kappa shape index (κ1) is 22.0. The highest BCUT2D eigenvalue weighted by atomic mass is 127. The molecule has 0 spiro atoms. The molecule has 1 heterocycles. The van der Waals surface area contributed by atoms with E-state index in [1.165, 1.54) is 24.9 Å². The highest BCUT2D eigenvalue weighted by Crippen LogP contribution is 2.20. The van der Waals surface area contributed by atoms with E-state index in [4.69, 9.17) is 4.74 Å².